The lowest BCUT2D eigenvalue weighted by Crippen LogP contribution is -2.14. The number of amides is 1. The zero-order valence-corrected chi connectivity index (χ0v) is 17.6. The molecule has 0 spiro atoms. The second-order valence-corrected chi connectivity index (χ2v) is 7.92. The molecule has 1 saturated carbocycles. The molecule has 1 aliphatic rings. The van der Waals surface area contributed by atoms with Gasteiger partial charge in [-0.05, 0) is 83.1 Å². The minimum absolute atomic E-state index is 0.0114. The molecular weight excluding hydrogens is 395 g/mol. The van der Waals surface area contributed by atoms with Crippen LogP contribution in [0.25, 0.3) is 17.2 Å². The van der Waals surface area contributed by atoms with Crippen molar-refractivity contribution in [3.05, 3.63) is 58.9 Å². The summed E-state index contributed by atoms with van der Waals surface area (Å²) in [4.78, 5) is 12.0. The summed E-state index contributed by atoms with van der Waals surface area (Å²) in [7, 11) is 0. The number of rotatable bonds is 6. The van der Waals surface area contributed by atoms with Crippen molar-refractivity contribution in [2.24, 2.45) is 0 Å². The van der Waals surface area contributed by atoms with E-state index in [0.717, 1.165) is 27.9 Å². The molecule has 0 saturated heterocycles. The number of H-pyrrole nitrogens is 1. The first kappa shape index (κ1) is 20.7. The SMILES string of the molecule is Cc1cc(-c2ccc(NC3CCCC3)cc2)c(C)cc1/C=C(\F)C(=O)Nc1nnn[nH]1. The van der Waals surface area contributed by atoms with Gasteiger partial charge in [0.1, 0.15) is 0 Å². The van der Waals surface area contributed by atoms with Crippen LogP contribution in [-0.2, 0) is 4.79 Å². The number of carbonyl (C=O) groups excluding carboxylic acids is 1. The standard InChI is InChI=1S/C23H25FN6O/c1-14-12-20(16-7-9-19(10-8-16)25-18-5-3-4-6-18)15(2)11-17(14)13-21(24)22(31)26-23-27-29-30-28-23/h7-13,18,25H,3-6H2,1-2H3,(H2,26,27,28,29,30,31)/b21-13-. The molecule has 2 aromatic carbocycles. The summed E-state index contributed by atoms with van der Waals surface area (Å²) in [5.74, 6) is -1.85. The van der Waals surface area contributed by atoms with Gasteiger partial charge >= 0.3 is 0 Å². The van der Waals surface area contributed by atoms with Gasteiger partial charge in [0.2, 0.25) is 5.95 Å². The second kappa shape index (κ2) is 9.07. The van der Waals surface area contributed by atoms with Crippen LogP contribution in [0.4, 0.5) is 16.0 Å². The number of anilines is 2. The number of halogens is 1. The number of nitrogens with one attached hydrogen (secondary N) is 3. The number of carbonyl (C=O) groups is 1. The first-order valence-electron chi connectivity index (χ1n) is 10.4. The fourth-order valence-electron chi connectivity index (χ4n) is 3.94. The summed E-state index contributed by atoms with van der Waals surface area (Å²) in [5.41, 5.74) is 5.84. The first-order chi connectivity index (χ1) is 15.0. The van der Waals surface area contributed by atoms with Gasteiger partial charge in [0.15, 0.2) is 5.83 Å². The van der Waals surface area contributed by atoms with Crippen LogP contribution >= 0.6 is 0 Å². The number of hydrogen-bond donors (Lipinski definition) is 3. The topological polar surface area (TPSA) is 95.6 Å². The molecule has 160 valence electrons. The number of aromatic nitrogens is 4. The molecule has 4 rings (SSSR count). The molecule has 8 heteroatoms. The number of benzene rings is 2. The van der Waals surface area contributed by atoms with Gasteiger partial charge in [0.25, 0.3) is 5.91 Å². The molecule has 1 fully saturated rings. The maximum Gasteiger partial charge on any atom is 0.286 e. The molecule has 1 aromatic heterocycles. The van der Waals surface area contributed by atoms with Gasteiger partial charge in [-0.15, -0.1) is 0 Å². The van der Waals surface area contributed by atoms with Crippen molar-refractivity contribution in [1.29, 1.82) is 0 Å². The summed E-state index contributed by atoms with van der Waals surface area (Å²) in [6.07, 6.45) is 6.29. The molecule has 3 aromatic rings. The average molecular weight is 420 g/mol. The van der Waals surface area contributed by atoms with Crippen LogP contribution in [0.3, 0.4) is 0 Å². The van der Waals surface area contributed by atoms with E-state index in [1.54, 1.807) is 0 Å². The van der Waals surface area contributed by atoms with E-state index in [9.17, 15) is 9.18 Å². The molecule has 3 N–H and O–H groups in total. The summed E-state index contributed by atoms with van der Waals surface area (Å²) >= 11 is 0. The second-order valence-electron chi connectivity index (χ2n) is 7.92. The van der Waals surface area contributed by atoms with Crippen molar-refractivity contribution in [2.75, 3.05) is 10.6 Å². The predicted octanol–water partition coefficient (Wildman–Crippen LogP) is 4.79. The van der Waals surface area contributed by atoms with Gasteiger partial charge in [-0.3, -0.25) is 10.1 Å². The molecular formula is C23H25FN6O. The number of tetrazole rings is 1. The highest BCUT2D eigenvalue weighted by Crippen LogP contribution is 2.30. The third kappa shape index (κ3) is 4.96. The van der Waals surface area contributed by atoms with Crippen LogP contribution in [0.1, 0.15) is 42.4 Å². The van der Waals surface area contributed by atoms with Gasteiger partial charge in [-0.1, -0.05) is 42.2 Å². The van der Waals surface area contributed by atoms with Gasteiger partial charge in [-0.2, -0.15) is 0 Å². The third-order valence-corrected chi connectivity index (χ3v) is 5.61. The number of aromatic amines is 1. The van der Waals surface area contributed by atoms with Gasteiger partial charge in [-0.25, -0.2) is 9.49 Å². The monoisotopic (exact) mass is 420 g/mol. The van der Waals surface area contributed by atoms with Gasteiger partial charge in [0, 0.05) is 11.7 Å². The van der Waals surface area contributed by atoms with E-state index in [2.05, 4.69) is 55.5 Å². The number of hydrogen-bond acceptors (Lipinski definition) is 5. The van der Waals surface area contributed by atoms with E-state index in [0.29, 0.717) is 11.6 Å². The summed E-state index contributed by atoms with van der Waals surface area (Å²) in [6, 6.07) is 12.9. The van der Waals surface area contributed by atoms with Crippen LogP contribution in [0, 0.1) is 13.8 Å². The Morgan fingerprint density at radius 1 is 1.13 bits per heavy atom. The minimum Gasteiger partial charge on any atom is -0.382 e. The lowest BCUT2D eigenvalue weighted by molar-refractivity contribution is -0.114. The zero-order valence-electron chi connectivity index (χ0n) is 17.6. The Labute approximate surface area is 180 Å². The van der Waals surface area contributed by atoms with Crippen LogP contribution in [0.5, 0.6) is 0 Å². The molecule has 31 heavy (non-hydrogen) atoms. The molecule has 0 radical (unpaired) electrons. The van der Waals surface area contributed by atoms with Crippen molar-refractivity contribution in [3.63, 3.8) is 0 Å². The van der Waals surface area contributed by atoms with Gasteiger partial charge in [0.05, 0.1) is 0 Å². The Hall–Kier alpha value is -3.55. The third-order valence-electron chi connectivity index (χ3n) is 5.61. The van der Waals surface area contributed by atoms with Crippen LogP contribution in [0.2, 0.25) is 0 Å². The summed E-state index contributed by atoms with van der Waals surface area (Å²) in [5, 5.41) is 18.4. The Morgan fingerprint density at radius 2 is 1.87 bits per heavy atom. The minimum atomic E-state index is -0.922. The quantitative estimate of drug-likeness (QED) is 0.499. The molecule has 1 aliphatic carbocycles. The van der Waals surface area contributed by atoms with Crippen molar-refractivity contribution < 1.29 is 9.18 Å². The molecule has 0 bridgehead atoms. The molecule has 1 heterocycles. The fourth-order valence-corrected chi connectivity index (χ4v) is 3.94. The molecule has 7 nitrogen and oxygen atoms in total. The molecule has 0 aliphatic heterocycles. The maximum atomic E-state index is 14.4. The normalized spacial score (nSPS) is 14.6. The summed E-state index contributed by atoms with van der Waals surface area (Å²) in [6.45, 7) is 3.88. The molecule has 0 atom stereocenters. The summed E-state index contributed by atoms with van der Waals surface area (Å²) < 4.78 is 14.4. The lowest BCUT2D eigenvalue weighted by atomic mass is 9.94. The predicted molar refractivity (Wildman–Crippen MR) is 119 cm³/mol. The molecule has 1 amide bonds. The Kier molecular flexibility index (Phi) is 6.06. The Balaban J connectivity index is 1.50. The lowest BCUT2D eigenvalue weighted by Gasteiger charge is -2.15. The van der Waals surface area contributed by atoms with Gasteiger partial charge < -0.3 is 5.32 Å². The van der Waals surface area contributed by atoms with Crippen LogP contribution in [0.15, 0.2) is 42.2 Å². The largest absolute Gasteiger partial charge is 0.382 e. The van der Waals surface area contributed by atoms with Crippen molar-refractivity contribution >= 4 is 23.6 Å². The van der Waals surface area contributed by atoms with Crippen molar-refractivity contribution in [3.8, 4) is 11.1 Å². The van der Waals surface area contributed by atoms with Crippen LogP contribution in [-0.4, -0.2) is 32.6 Å². The molecule has 0 unspecified atom stereocenters. The Bertz CT molecular complexity index is 1090. The number of nitrogens with zero attached hydrogens (tertiary/aromatic N) is 3. The van der Waals surface area contributed by atoms with E-state index in [-0.39, 0.29) is 5.95 Å². The van der Waals surface area contributed by atoms with E-state index in [1.165, 1.54) is 31.8 Å². The fraction of sp³-hybridized carbons (Fsp3) is 0.304. The zero-order chi connectivity index (χ0) is 21.8. The average Bonchev–Trinajstić information content (AvgIpc) is 3.45. The highest BCUT2D eigenvalue weighted by atomic mass is 19.1. The Morgan fingerprint density at radius 3 is 2.55 bits per heavy atom. The first-order valence-corrected chi connectivity index (χ1v) is 10.4. The highest BCUT2D eigenvalue weighted by molar-refractivity contribution is 6.04. The van der Waals surface area contributed by atoms with E-state index < -0.39 is 11.7 Å². The van der Waals surface area contributed by atoms with E-state index in [1.807, 2.05) is 26.0 Å². The van der Waals surface area contributed by atoms with E-state index in [4.69, 9.17) is 0 Å². The van der Waals surface area contributed by atoms with E-state index >= 15 is 0 Å². The van der Waals surface area contributed by atoms with Crippen molar-refractivity contribution in [2.45, 2.75) is 45.6 Å². The van der Waals surface area contributed by atoms with Crippen molar-refractivity contribution in [1.82, 2.24) is 20.6 Å². The number of aryl methyl sites for hydroxylation is 2. The maximum absolute atomic E-state index is 14.4. The smallest absolute Gasteiger partial charge is 0.286 e. The highest BCUT2D eigenvalue weighted by Gasteiger charge is 2.15. The van der Waals surface area contributed by atoms with Crippen LogP contribution < -0.4 is 10.6 Å².